The zero-order valence-corrected chi connectivity index (χ0v) is 16.3. The van der Waals surface area contributed by atoms with E-state index in [1.54, 1.807) is 24.9 Å². The molecule has 2 aromatic heterocycles. The minimum Gasteiger partial charge on any atom is -0.375 e. The molecule has 1 aromatic carbocycles. The van der Waals surface area contributed by atoms with Crippen LogP contribution in [-0.4, -0.2) is 30.1 Å². The van der Waals surface area contributed by atoms with E-state index >= 15 is 0 Å². The lowest BCUT2D eigenvalue weighted by Gasteiger charge is -2.08. The van der Waals surface area contributed by atoms with E-state index in [4.69, 9.17) is 4.74 Å². The Balaban J connectivity index is 1.70. The number of hydrogen-bond acceptors (Lipinski definition) is 6. The molecule has 3 aromatic rings. The van der Waals surface area contributed by atoms with E-state index in [2.05, 4.69) is 9.97 Å². The summed E-state index contributed by atoms with van der Waals surface area (Å²) in [5.74, 6) is 0.326. The lowest BCUT2D eigenvalue weighted by Crippen LogP contribution is -2.13. The quantitative estimate of drug-likeness (QED) is 0.589. The average Bonchev–Trinajstić information content (AvgIpc) is 3.24. The third-order valence-corrected chi connectivity index (χ3v) is 6.47. The van der Waals surface area contributed by atoms with Gasteiger partial charge in [0.05, 0.1) is 11.4 Å². The molecule has 0 spiro atoms. The third-order valence-electron chi connectivity index (χ3n) is 3.99. The third kappa shape index (κ3) is 4.78. The second kappa shape index (κ2) is 8.11. The molecule has 0 saturated heterocycles. The highest BCUT2D eigenvalue weighted by molar-refractivity contribution is 7.89. The van der Waals surface area contributed by atoms with Gasteiger partial charge in [0, 0.05) is 31.4 Å². The second-order valence-electron chi connectivity index (χ2n) is 6.04. The van der Waals surface area contributed by atoms with E-state index < -0.39 is 9.84 Å². The summed E-state index contributed by atoms with van der Waals surface area (Å²) in [5.41, 5.74) is 1.65. The first-order valence-corrected chi connectivity index (χ1v) is 10.9. The highest BCUT2D eigenvalue weighted by Gasteiger charge is 2.19. The van der Waals surface area contributed by atoms with Gasteiger partial charge in [-0.05, 0) is 12.5 Å². The summed E-state index contributed by atoms with van der Waals surface area (Å²) >= 11 is 1.41. The summed E-state index contributed by atoms with van der Waals surface area (Å²) in [7, 11) is -1.77. The average molecular weight is 392 g/mol. The van der Waals surface area contributed by atoms with Crippen LogP contribution in [0.4, 0.5) is 0 Å². The lowest BCUT2D eigenvalue weighted by atomic mass is 10.2. The minimum atomic E-state index is -3.37. The van der Waals surface area contributed by atoms with E-state index in [1.165, 1.54) is 11.3 Å². The maximum Gasteiger partial charge on any atom is 0.163 e. The molecule has 0 saturated carbocycles. The van der Waals surface area contributed by atoms with Crippen molar-refractivity contribution in [3.63, 3.8) is 0 Å². The van der Waals surface area contributed by atoms with E-state index in [0.29, 0.717) is 18.1 Å². The number of nitrogens with zero attached hydrogens (tertiary/aromatic N) is 3. The summed E-state index contributed by atoms with van der Waals surface area (Å²) in [6.45, 7) is 2.48. The minimum absolute atomic E-state index is 0.0991. The van der Waals surface area contributed by atoms with Crippen molar-refractivity contribution in [2.45, 2.75) is 31.1 Å². The molecule has 8 heteroatoms. The van der Waals surface area contributed by atoms with Crippen molar-refractivity contribution >= 4 is 21.2 Å². The normalized spacial score (nSPS) is 13.0. The maximum absolute atomic E-state index is 12.6. The SMILES string of the molecule is COC(C)c1nc(CS(=O)(=O)Cc2nccn2Cc2ccccc2)cs1. The number of methoxy groups -OCH3 is 1. The molecular weight excluding hydrogens is 370 g/mol. The summed E-state index contributed by atoms with van der Waals surface area (Å²) < 4.78 is 32.3. The van der Waals surface area contributed by atoms with Gasteiger partial charge in [-0.15, -0.1) is 11.3 Å². The van der Waals surface area contributed by atoms with Crippen molar-refractivity contribution < 1.29 is 13.2 Å². The number of aromatic nitrogens is 3. The van der Waals surface area contributed by atoms with Crippen molar-refractivity contribution in [2.75, 3.05) is 7.11 Å². The van der Waals surface area contributed by atoms with Crippen molar-refractivity contribution in [1.29, 1.82) is 0 Å². The summed E-state index contributed by atoms with van der Waals surface area (Å²) in [6.07, 6.45) is 3.30. The van der Waals surface area contributed by atoms with Crippen LogP contribution in [0, 0.1) is 0 Å². The molecule has 0 bridgehead atoms. The molecule has 2 heterocycles. The van der Waals surface area contributed by atoms with Gasteiger partial charge in [-0.1, -0.05) is 30.3 Å². The number of imidazole rings is 1. The highest BCUT2D eigenvalue weighted by atomic mass is 32.2. The van der Waals surface area contributed by atoms with Crippen LogP contribution in [0.25, 0.3) is 0 Å². The molecule has 0 aliphatic heterocycles. The van der Waals surface area contributed by atoms with Crippen LogP contribution in [0.15, 0.2) is 48.1 Å². The van der Waals surface area contributed by atoms with Gasteiger partial charge in [0.1, 0.15) is 22.7 Å². The first-order chi connectivity index (χ1) is 12.5. The molecular formula is C18H21N3O3S2. The van der Waals surface area contributed by atoms with Gasteiger partial charge >= 0.3 is 0 Å². The van der Waals surface area contributed by atoms with E-state index in [1.807, 2.05) is 41.8 Å². The van der Waals surface area contributed by atoms with Crippen molar-refractivity contribution in [3.05, 3.63) is 70.2 Å². The van der Waals surface area contributed by atoms with Gasteiger partial charge in [-0.25, -0.2) is 18.4 Å². The number of ether oxygens (including phenoxy) is 1. The summed E-state index contributed by atoms with van der Waals surface area (Å²) in [4.78, 5) is 8.60. The number of thiazole rings is 1. The van der Waals surface area contributed by atoms with Crippen LogP contribution in [-0.2, 0) is 32.6 Å². The molecule has 1 unspecified atom stereocenters. The van der Waals surface area contributed by atoms with Crippen LogP contribution in [0.2, 0.25) is 0 Å². The zero-order valence-electron chi connectivity index (χ0n) is 14.7. The highest BCUT2D eigenvalue weighted by Crippen LogP contribution is 2.22. The number of sulfone groups is 1. The first-order valence-electron chi connectivity index (χ1n) is 8.18. The lowest BCUT2D eigenvalue weighted by molar-refractivity contribution is 0.119. The molecule has 0 N–H and O–H groups in total. The van der Waals surface area contributed by atoms with Crippen molar-refractivity contribution in [2.24, 2.45) is 0 Å². The van der Waals surface area contributed by atoms with Crippen molar-refractivity contribution in [3.8, 4) is 0 Å². The van der Waals surface area contributed by atoms with Crippen LogP contribution in [0.5, 0.6) is 0 Å². The van der Waals surface area contributed by atoms with Gasteiger partial charge in [-0.3, -0.25) is 0 Å². The molecule has 3 rings (SSSR count). The topological polar surface area (TPSA) is 74.1 Å². The molecule has 138 valence electrons. The zero-order chi connectivity index (χ0) is 18.6. The Bertz CT molecular complexity index is 949. The van der Waals surface area contributed by atoms with Crippen LogP contribution in [0.1, 0.15) is 35.1 Å². The molecule has 26 heavy (non-hydrogen) atoms. The van der Waals surface area contributed by atoms with Crippen molar-refractivity contribution in [1.82, 2.24) is 14.5 Å². The first kappa shape index (κ1) is 18.8. The number of rotatable bonds is 8. The van der Waals surface area contributed by atoms with E-state index in [9.17, 15) is 8.42 Å². The fourth-order valence-corrected chi connectivity index (χ4v) is 4.84. The van der Waals surface area contributed by atoms with E-state index in [0.717, 1.165) is 10.6 Å². The fourth-order valence-electron chi connectivity index (χ4n) is 2.55. The smallest absolute Gasteiger partial charge is 0.163 e. The van der Waals surface area contributed by atoms with Crippen LogP contribution >= 0.6 is 11.3 Å². The van der Waals surface area contributed by atoms with Gasteiger partial charge in [0.25, 0.3) is 0 Å². The summed E-state index contributed by atoms with van der Waals surface area (Å²) in [6, 6.07) is 9.89. The molecule has 1 atom stereocenters. The Morgan fingerprint density at radius 1 is 1.23 bits per heavy atom. The Kier molecular flexibility index (Phi) is 5.85. The Morgan fingerprint density at radius 3 is 2.73 bits per heavy atom. The standard InChI is InChI=1S/C18H21N3O3S2/c1-14(24-2)18-20-16(11-25-18)12-26(22,23)13-17-19-8-9-21(17)10-15-6-4-3-5-7-15/h3-9,11,14H,10,12-13H2,1-2H3. The molecule has 0 radical (unpaired) electrons. The Morgan fingerprint density at radius 2 is 2.00 bits per heavy atom. The second-order valence-corrected chi connectivity index (χ2v) is 9.00. The van der Waals surface area contributed by atoms with Gasteiger partial charge in [0.2, 0.25) is 0 Å². The maximum atomic E-state index is 12.6. The predicted molar refractivity (Wildman–Crippen MR) is 102 cm³/mol. The molecule has 0 aliphatic carbocycles. The monoisotopic (exact) mass is 391 g/mol. The fraction of sp³-hybridized carbons (Fsp3) is 0.333. The van der Waals surface area contributed by atoms with E-state index in [-0.39, 0.29) is 17.6 Å². The molecule has 0 amide bonds. The van der Waals surface area contributed by atoms with Gasteiger partial charge < -0.3 is 9.30 Å². The predicted octanol–water partition coefficient (Wildman–Crippen LogP) is 3.21. The largest absolute Gasteiger partial charge is 0.375 e. The molecule has 0 fully saturated rings. The van der Waals surface area contributed by atoms with Gasteiger partial charge in [-0.2, -0.15) is 0 Å². The number of hydrogen-bond donors (Lipinski definition) is 0. The number of benzene rings is 1. The van der Waals surface area contributed by atoms with Gasteiger partial charge in [0.15, 0.2) is 9.84 Å². The Labute approximate surface area is 157 Å². The Hall–Kier alpha value is -2.03. The van der Waals surface area contributed by atoms with Crippen LogP contribution in [0.3, 0.4) is 0 Å². The van der Waals surface area contributed by atoms with Crippen LogP contribution < -0.4 is 0 Å². The molecule has 0 aliphatic rings. The summed E-state index contributed by atoms with van der Waals surface area (Å²) in [5, 5.41) is 2.56. The molecule has 6 nitrogen and oxygen atoms in total.